The number of anilines is 1. The first-order valence-corrected chi connectivity index (χ1v) is 7.00. The van der Waals surface area contributed by atoms with Gasteiger partial charge in [0.2, 0.25) is 5.95 Å². The van der Waals surface area contributed by atoms with E-state index < -0.39 is 0 Å². The highest BCUT2D eigenvalue weighted by atomic mass is 15.2. The van der Waals surface area contributed by atoms with E-state index in [9.17, 15) is 0 Å². The summed E-state index contributed by atoms with van der Waals surface area (Å²) in [6.45, 7) is 3.95. The van der Waals surface area contributed by atoms with Crippen LogP contribution >= 0.6 is 0 Å². The van der Waals surface area contributed by atoms with Gasteiger partial charge >= 0.3 is 0 Å². The molecule has 1 aliphatic heterocycles. The Morgan fingerprint density at radius 1 is 1.10 bits per heavy atom. The van der Waals surface area contributed by atoms with Crippen molar-refractivity contribution in [2.45, 2.75) is 19.9 Å². The van der Waals surface area contributed by atoms with Crippen LogP contribution in [0.5, 0.6) is 0 Å². The van der Waals surface area contributed by atoms with Crippen molar-refractivity contribution < 1.29 is 0 Å². The summed E-state index contributed by atoms with van der Waals surface area (Å²) in [5, 5.41) is 3.42. The fraction of sp³-hybridized carbons (Fsp3) is 0.375. The van der Waals surface area contributed by atoms with E-state index in [1.54, 1.807) is 0 Å². The van der Waals surface area contributed by atoms with Crippen LogP contribution in [0.25, 0.3) is 11.3 Å². The molecule has 0 atom stereocenters. The van der Waals surface area contributed by atoms with Crippen LogP contribution in [0.3, 0.4) is 0 Å². The molecule has 20 heavy (non-hydrogen) atoms. The summed E-state index contributed by atoms with van der Waals surface area (Å²) in [6.07, 6.45) is 0.970. The van der Waals surface area contributed by atoms with E-state index in [1.807, 2.05) is 19.0 Å². The molecule has 0 radical (unpaired) electrons. The van der Waals surface area contributed by atoms with Gasteiger partial charge in [0.05, 0.1) is 11.4 Å². The minimum atomic E-state index is 0.793. The number of hydrogen-bond donors (Lipinski definition) is 1. The minimum Gasteiger partial charge on any atom is -0.347 e. The molecule has 0 fully saturated rings. The first-order valence-electron chi connectivity index (χ1n) is 7.00. The van der Waals surface area contributed by atoms with Crippen LogP contribution in [0.2, 0.25) is 0 Å². The maximum Gasteiger partial charge on any atom is 0.225 e. The van der Waals surface area contributed by atoms with E-state index in [-0.39, 0.29) is 0 Å². The van der Waals surface area contributed by atoms with Crippen molar-refractivity contribution in [1.82, 2.24) is 15.3 Å². The smallest absolute Gasteiger partial charge is 0.225 e. The van der Waals surface area contributed by atoms with Crippen molar-refractivity contribution in [3.63, 3.8) is 0 Å². The summed E-state index contributed by atoms with van der Waals surface area (Å²) >= 11 is 0. The van der Waals surface area contributed by atoms with Gasteiger partial charge in [-0.1, -0.05) is 29.8 Å². The van der Waals surface area contributed by atoms with Crippen molar-refractivity contribution in [2.75, 3.05) is 25.5 Å². The number of hydrogen-bond acceptors (Lipinski definition) is 4. The van der Waals surface area contributed by atoms with Crippen molar-refractivity contribution in [1.29, 1.82) is 0 Å². The molecule has 0 amide bonds. The third-order valence-corrected chi connectivity index (χ3v) is 3.65. The zero-order chi connectivity index (χ0) is 14.1. The van der Waals surface area contributed by atoms with Gasteiger partial charge < -0.3 is 10.2 Å². The predicted octanol–water partition coefficient (Wildman–Crippen LogP) is 2.16. The first-order chi connectivity index (χ1) is 9.65. The van der Waals surface area contributed by atoms with Crippen molar-refractivity contribution in [3.8, 4) is 11.3 Å². The molecule has 0 saturated heterocycles. The number of rotatable bonds is 2. The topological polar surface area (TPSA) is 41.1 Å². The van der Waals surface area contributed by atoms with Crippen LogP contribution in [-0.2, 0) is 13.0 Å². The Kier molecular flexibility index (Phi) is 3.40. The SMILES string of the molecule is Cc1ccc(-c2nc(N(C)C)nc3c2CNCC3)cc1. The average molecular weight is 268 g/mol. The number of aryl methyl sites for hydroxylation is 1. The summed E-state index contributed by atoms with van der Waals surface area (Å²) in [7, 11) is 3.98. The highest BCUT2D eigenvalue weighted by Crippen LogP contribution is 2.27. The second-order valence-electron chi connectivity index (χ2n) is 5.48. The van der Waals surface area contributed by atoms with E-state index in [0.717, 1.165) is 31.2 Å². The van der Waals surface area contributed by atoms with Crippen molar-refractivity contribution in [3.05, 3.63) is 41.1 Å². The Morgan fingerprint density at radius 3 is 2.55 bits per heavy atom. The third-order valence-electron chi connectivity index (χ3n) is 3.65. The van der Waals surface area contributed by atoms with Crippen LogP contribution in [0, 0.1) is 6.92 Å². The van der Waals surface area contributed by atoms with E-state index in [0.29, 0.717) is 0 Å². The molecule has 1 N–H and O–H groups in total. The first kappa shape index (κ1) is 13.1. The lowest BCUT2D eigenvalue weighted by Crippen LogP contribution is -2.27. The van der Waals surface area contributed by atoms with Crippen LogP contribution < -0.4 is 10.2 Å². The molecule has 0 unspecified atom stereocenters. The summed E-state index contributed by atoms with van der Waals surface area (Å²) in [5.74, 6) is 0.793. The summed E-state index contributed by atoms with van der Waals surface area (Å²) in [6, 6.07) is 8.56. The Balaban J connectivity index is 2.17. The molecule has 3 rings (SSSR count). The minimum absolute atomic E-state index is 0.793. The van der Waals surface area contributed by atoms with Gasteiger partial charge in [-0.2, -0.15) is 0 Å². The highest BCUT2D eigenvalue weighted by molar-refractivity contribution is 5.66. The molecule has 2 heterocycles. The molecule has 1 aliphatic rings. The molecular formula is C16H20N4. The van der Waals surface area contributed by atoms with Gasteiger partial charge in [0, 0.05) is 44.7 Å². The Labute approximate surface area is 119 Å². The van der Waals surface area contributed by atoms with E-state index in [4.69, 9.17) is 9.97 Å². The monoisotopic (exact) mass is 268 g/mol. The largest absolute Gasteiger partial charge is 0.347 e. The molecule has 0 spiro atoms. The second-order valence-corrected chi connectivity index (χ2v) is 5.48. The normalized spacial score (nSPS) is 13.9. The number of nitrogens with zero attached hydrogens (tertiary/aromatic N) is 3. The molecule has 0 aliphatic carbocycles. The van der Waals surface area contributed by atoms with Crippen LogP contribution in [0.15, 0.2) is 24.3 Å². The van der Waals surface area contributed by atoms with Gasteiger partial charge in [-0.05, 0) is 6.92 Å². The summed E-state index contributed by atoms with van der Waals surface area (Å²) in [5.41, 5.74) is 5.92. The highest BCUT2D eigenvalue weighted by Gasteiger charge is 2.19. The van der Waals surface area contributed by atoms with Gasteiger partial charge in [-0.3, -0.25) is 0 Å². The fourth-order valence-corrected chi connectivity index (χ4v) is 2.48. The van der Waals surface area contributed by atoms with Crippen LogP contribution in [-0.4, -0.2) is 30.6 Å². The lowest BCUT2D eigenvalue weighted by Gasteiger charge is -2.22. The summed E-state index contributed by atoms with van der Waals surface area (Å²) in [4.78, 5) is 11.4. The fourth-order valence-electron chi connectivity index (χ4n) is 2.48. The number of nitrogens with one attached hydrogen (secondary N) is 1. The molecule has 0 bridgehead atoms. The maximum atomic E-state index is 4.76. The molecule has 4 heteroatoms. The van der Waals surface area contributed by atoms with Gasteiger partial charge in [0.1, 0.15) is 0 Å². The number of benzene rings is 1. The second kappa shape index (κ2) is 5.21. The Hall–Kier alpha value is -1.94. The zero-order valence-corrected chi connectivity index (χ0v) is 12.3. The van der Waals surface area contributed by atoms with Gasteiger partial charge in [0.25, 0.3) is 0 Å². The van der Waals surface area contributed by atoms with E-state index in [2.05, 4.69) is 36.5 Å². The summed E-state index contributed by atoms with van der Waals surface area (Å²) < 4.78 is 0. The van der Waals surface area contributed by atoms with Gasteiger partial charge in [-0.15, -0.1) is 0 Å². The third kappa shape index (κ3) is 2.39. The van der Waals surface area contributed by atoms with Gasteiger partial charge in [-0.25, -0.2) is 9.97 Å². The predicted molar refractivity (Wildman–Crippen MR) is 81.9 cm³/mol. The van der Waals surface area contributed by atoms with Crippen LogP contribution in [0.4, 0.5) is 5.95 Å². The van der Waals surface area contributed by atoms with E-state index >= 15 is 0 Å². The average Bonchev–Trinajstić information content (AvgIpc) is 2.47. The van der Waals surface area contributed by atoms with E-state index in [1.165, 1.54) is 22.4 Å². The van der Waals surface area contributed by atoms with Gasteiger partial charge in [0.15, 0.2) is 0 Å². The zero-order valence-electron chi connectivity index (χ0n) is 12.3. The molecule has 104 valence electrons. The van der Waals surface area contributed by atoms with Crippen molar-refractivity contribution >= 4 is 5.95 Å². The quantitative estimate of drug-likeness (QED) is 0.906. The molecule has 1 aromatic carbocycles. The number of aromatic nitrogens is 2. The standard InChI is InChI=1S/C16H20N4/c1-11-4-6-12(7-5-11)15-13-10-17-9-8-14(13)18-16(19-15)20(2)3/h4-7,17H,8-10H2,1-3H3. The Bertz CT molecular complexity index is 617. The molecular weight excluding hydrogens is 248 g/mol. The van der Waals surface area contributed by atoms with Crippen LogP contribution in [0.1, 0.15) is 16.8 Å². The molecule has 0 saturated carbocycles. The maximum absolute atomic E-state index is 4.76. The lowest BCUT2D eigenvalue weighted by atomic mass is 10.00. The number of fused-ring (bicyclic) bond motifs is 1. The van der Waals surface area contributed by atoms with Crippen molar-refractivity contribution in [2.24, 2.45) is 0 Å². The molecule has 1 aromatic heterocycles. The molecule has 2 aromatic rings. The molecule has 4 nitrogen and oxygen atoms in total. The lowest BCUT2D eigenvalue weighted by molar-refractivity contribution is 0.627. The Morgan fingerprint density at radius 2 is 1.85 bits per heavy atom.